The van der Waals surface area contributed by atoms with Crippen molar-refractivity contribution in [3.63, 3.8) is 0 Å². The van der Waals surface area contributed by atoms with Crippen LogP contribution in [-0.2, 0) is 17.6 Å². The quantitative estimate of drug-likeness (QED) is 0.932. The van der Waals surface area contributed by atoms with Crippen LogP contribution in [0.1, 0.15) is 45.8 Å². The summed E-state index contributed by atoms with van der Waals surface area (Å²) in [5, 5.41) is 8.89. The Hall–Kier alpha value is -1.36. The minimum Gasteiger partial charge on any atom is -0.481 e. The van der Waals surface area contributed by atoms with E-state index in [0.717, 1.165) is 37.1 Å². The third-order valence-electron chi connectivity index (χ3n) is 4.23. The summed E-state index contributed by atoms with van der Waals surface area (Å²) in [6.07, 6.45) is 5.41. The lowest BCUT2D eigenvalue weighted by molar-refractivity contribution is -0.138. The number of carbonyl (C=O) groups is 2. The lowest BCUT2D eigenvalue weighted by atomic mass is 9.95. The Morgan fingerprint density at radius 3 is 2.95 bits per heavy atom. The van der Waals surface area contributed by atoms with Gasteiger partial charge >= 0.3 is 5.97 Å². The van der Waals surface area contributed by atoms with Crippen molar-refractivity contribution >= 4 is 23.2 Å². The number of hydrogen-bond acceptors (Lipinski definition) is 3. The third-order valence-corrected chi connectivity index (χ3v) is 5.45. The molecule has 1 aromatic heterocycles. The second kappa shape index (κ2) is 5.56. The van der Waals surface area contributed by atoms with Crippen LogP contribution >= 0.6 is 11.3 Å². The van der Waals surface area contributed by atoms with E-state index < -0.39 is 5.97 Å². The van der Waals surface area contributed by atoms with Gasteiger partial charge in [-0.1, -0.05) is 0 Å². The van der Waals surface area contributed by atoms with Gasteiger partial charge in [-0.05, 0) is 49.7 Å². The van der Waals surface area contributed by atoms with Gasteiger partial charge in [-0.2, -0.15) is 0 Å². The van der Waals surface area contributed by atoms with Crippen molar-refractivity contribution in [2.75, 3.05) is 13.1 Å². The Morgan fingerprint density at radius 1 is 1.35 bits per heavy atom. The van der Waals surface area contributed by atoms with Crippen LogP contribution in [0.5, 0.6) is 0 Å². The zero-order valence-corrected chi connectivity index (χ0v) is 12.2. The zero-order valence-electron chi connectivity index (χ0n) is 11.4. The van der Waals surface area contributed by atoms with Crippen LogP contribution in [0.15, 0.2) is 6.07 Å². The molecule has 4 nitrogen and oxygen atoms in total. The van der Waals surface area contributed by atoms with Crippen molar-refractivity contribution in [2.24, 2.45) is 5.92 Å². The fraction of sp³-hybridized carbons (Fsp3) is 0.600. The zero-order chi connectivity index (χ0) is 14.1. The van der Waals surface area contributed by atoms with E-state index >= 15 is 0 Å². The van der Waals surface area contributed by atoms with Crippen molar-refractivity contribution in [1.29, 1.82) is 0 Å². The Morgan fingerprint density at radius 2 is 2.20 bits per heavy atom. The molecule has 0 aromatic carbocycles. The molecule has 3 rings (SSSR count). The molecule has 2 heterocycles. The van der Waals surface area contributed by atoms with E-state index in [1.54, 1.807) is 11.3 Å². The molecule has 1 saturated heterocycles. The number of aryl methyl sites for hydroxylation is 2. The number of nitrogens with zero attached hydrogens (tertiary/aromatic N) is 1. The summed E-state index contributed by atoms with van der Waals surface area (Å²) < 4.78 is 0. The van der Waals surface area contributed by atoms with E-state index in [-0.39, 0.29) is 18.2 Å². The molecule has 0 bridgehead atoms. The number of rotatable bonds is 3. The molecule has 0 radical (unpaired) electrons. The maximum atomic E-state index is 12.5. The number of hydrogen-bond donors (Lipinski definition) is 1. The maximum absolute atomic E-state index is 12.5. The number of amides is 1. The molecule has 1 aliphatic heterocycles. The Labute approximate surface area is 122 Å². The van der Waals surface area contributed by atoms with Crippen LogP contribution in [0, 0.1) is 5.92 Å². The minimum absolute atomic E-state index is 0.0967. The largest absolute Gasteiger partial charge is 0.481 e. The molecule has 5 heteroatoms. The summed E-state index contributed by atoms with van der Waals surface area (Å²) in [7, 11) is 0. The predicted molar refractivity (Wildman–Crippen MR) is 77.2 cm³/mol. The molecule has 1 aliphatic carbocycles. The lowest BCUT2D eigenvalue weighted by Gasteiger charge is -2.31. The smallest absolute Gasteiger partial charge is 0.303 e. The summed E-state index contributed by atoms with van der Waals surface area (Å²) in [4.78, 5) is 27.4. The summed E-state index contributed by atoms with van der Waals surface area (Å²) in [6, 6.07) is 2.05. The van der Waals surface area contributed by atoms with Crippen molar-refractivity contribution in [2.45, 2.75) is 38.5 Å². The standard InChI is InChI=1S/C15H19NO3S/c17-14(18)7-10-3-2-6-16(9-10)15(19)13-8-11-4-1-5-12(11)20-13/h8,10H,1-7,9H2,(H,17,18). The van der Waals surface area contributed by atoms with Crippen LogP contribution in [-0.4, -0.2) is 35.0 Å². The van der Waals surface area contributed by atoms with Crippen LogP contribution in [0.4, 0.5) is 0 Å². The highest BCUT2D eigenvalue weighted by Gasteiger charge is 2.28. The van der Waals surface area contributed by atoms with E-state index in [4.69, 9.17) is 5.11 Å². The summed E-state index contributed by atoms with van der Waals surface area (Å²) in [5.74, 6) is -0.559. The van der Waals surface area contributed by atoms with Gasteiger partial charge in [0, 0.05) is 24.4 Å². The van der Waals surface area contributed by atoms with Gasteiger partial charge in [0.25, 0.3) is 5.91 Å². The first-order valence-corrected chi connectivity index (χ1v) is 8.08. The van der Waals surface area contributed by atoms with Crippen molar-refractivity contribution in [3.05, 3.63) is 21.4 Å². The number of thiophene rings is 1. The number of piperidine rings is 1. The van der Waals surface area contributed by atoms with Gasteiger partial charge in [-0.3, -0.25) is 9.59 Å². The van der Waals surface area contributed by atoms with Crippen molar-refractivity contribution in [1.82, 2.24) is 4.90 Å². The molecular weight excluding hydrogens is 274 g/mol. The third kappa shape index (κ3) is 2.73. The molecule has 2 aliphatic rings. The highest BCUT2D eigenvalue weighted by atomic mass is 32.1. The van der Waals surface area contributed by atoms with Crippen molar-refractivity contribution < 1.29 is 14.7 Å². The predicted octanol–water partition coefficient (Wildman–Crippen LogP) is 2.56. The Bertz CT molecular complexity index is 516. The highest BCUT2D eigenvalue weighted by molar-refractivity contribution is 7.14. The number of carboxylic acid groups (broad SMARTS) is 1. The molecule has 1 unspecified atom stereocenters. The summed E-state index contributed by atoms with van der Waals surface area (Å²) in [6.45, 7) is 1.35. The number of aliphatic carboxylic acids is 1. The lowest BCUT2D eigenvalue weighted by Crippen LogP contribution is -2.40. The molecule has 0 saturated carbocycles. The Balaban J connectivity index is 1.68. The maximum Gasteiger partial charge on any atom is 0.303 e. The second-order valence-corrected chi connectivity index (χ2v) is 6.91. The molecular formula is C15H19NO3S. The fourth-order valence-electron chi connectivity index (χ4n) is 3.25. The van der Waals surface area contributed by atoms with E-state index in [1.807, 2.05) is 4.90 Å². The van der Waals surface area contributed by atoms with E-state index in [2.05, 4.69) is 6.07 Å². The van der Waals surface area contributed by atoms with Gasteiger partial charge in [-0.15, -0.1) is 11.3 Å². The molecule has 1 amide bonds. The average molecular weight is 293 g/mol. The molecule has 1 fully saturated rings. The van der Waals surface area contributed by atoms with Gasteiger partial charge in [0.15, 0.2) is 0 Å². The van der Waals surface area contributed by atoms with E-state index in [0.29, 0.717) is 6.54 Å². The fourth-order valence-corrected chi connectivity index (χ4v) is 4.47. The van der Waals surface area contributed by atoms with Gasteiger partial charge in [0.05, 0.1) is 4.88 Å². The van der Waals surface area contributed by atoms with Crippen LogP contribution < -0.4 is 0 Å². The molecule has 108 valence electrons. The monoisotopic (exact) mass is 293 g/mol. The SMILES string of the molecule is O=C(O)CC1CCCN(C(=O)c2cc3c(s2)CCC3)C1. The van der Waals surface area contributed by atoms with Crippen molar-refractivity contribution in [3.8, 4) is 0 Å². The number of carbonyl (C=O) groups excluding carboxylic acids is 1. The minimum atomic E-state index is -0.764. The molecule has 0 spiro atoms. The number of carboxylic acids is 1. The highest BCUT2D eigenvalue weighted by Crippen LogP contribution is 2.32. The van der Waals surface area contributed by atoms with Crippen LogP contribution in [0.3, 0.4) is 0 Å². The number of likely N-dealkylation sites (tertiary alicyclic amines) is 1. The first-order valence-electron chi connectivity index (χ1n) is 7.26. The van der Waals surface area contributed by atoms with Gasteiger partial charge in [0.1, 0.15) is 0 Å². The normalized spacial score (nSPS) is 21.8. The Kier molecular flexibility index (Phi) is 3.78. The molecule has 20 heavy (non-hydrogen) atoms. The second-order valence-electron chi connectivity index (χ2n) is 5.77. The van der Waals surface area contributed by atoms with Crippen LogP contribution in [0.25, 0.3) is 0 Å². The first-order chi connectivity index (χ1) is 9.63. The first kappa shape index (κ1) is 13.6. The molecule has 1 atom stereocenters. The summed E-state index contributed by atoms with van der Waals surface area (Å²) in [5.41, 5.74) is 1.34. The summed E-state index contributed by atoms with van der Waals surface area (Å²) >= 11 is 1.63. The molecule has 1 N–H and O–H groups in total. The van der Waals surface area contributed by atoms with Gasteiger partial charge < -0.3 is 10.0 Å². The van der Waals surface area contributed by atoms with E-state index in [9.17, 15) is 9.59 Å². The number of fused-ring (bicyclic) bond motifs is 1. The topological polar surface area (TPSA) is 57.6 Å². The molecule has 1 aromatic rings. The van der Waals surface area contributed by atoms with Gasteiger partial charge in [0.2, 0.25) is 0 Å². The van der Waals surface area contributed by atoms with E-state index in [1.165, 1.54) is 16.9 Å². The van der Waals surface area contributed by atoms with Crippen LogP contribution in [0.2, 0.25) is 0 Å². The van der Waals surface area contributed by atoms with Gasteiger partial charge in [-0.25, -0.2) is 0 Å². The average Bonchev–Trinajstić information content (AvgIpc) is 2.98.